The first-order valence-corrected chi connectivity index (χ1v) is 5.55. The second-order valence-electron chi connectivity index (χ2n) is 4.41. The van der Waals surface area contributed by atoms with E-state index in [1.54, 1.807) is 0 Å². The molecule has 0 atom stereocenters. The summed E-state index contributed by atoms with van der Waals surface area (Å²) in [6.07, 6.45) is 6.06. The van der Waals surface area contributed by atoms with E-state index in [0.717, 1.165) is 12.8 Å². The van der Waals surface area contributed by atoms with Crippen molar-refractivity contribution < 1.29 is 4.79 Å². The first-order chi connectivity index (χ1) is 7.16. The number of hydrogen-bond acceptors (Lipinski definition) is 3. The van der Waals surface area contributed by atoms with Gasteiger partial charge in [-0.25, -0.2) is 0 Å². The number of carbonyl (C=O) groups excluding carboxylic acids is 1. The Morgan fingerprint density at radius 1 is 1.40 bits per heavy atom. The van der Waals surface area contributed by atoms with Gasteiger partial charge in [0.05, 0.1) is 12.6 Å². The highest BCUT2D eigenvalue weighted by atomic mass is 16.1. The summed E-state index contributed by atoms with van der Waals surface area (Å²) in [6.45, 7) is 2.58. The van der Waals surface area contributed by atoms with Gasteiger partial charge in [-0.2, -0.15) is 5.26 Å². The van der Waals surface area contributed by atoms with Gasteiger partial charge >= 0.3 is 0 Å². The minimum absolute atomic E-state index is 0.0941. The fraction of sp³-hybridized carbons (Fsp3) is 0.818. The summed E-state index contributed by atoms with van der Waals surface area (Å²) in [7, 11) is 0. The van der Waals surface area contributed by atoms with E-state index in [-0.39, 0.29) is 18.0 Å². The number of nitrogens with zero attached hydrogens (tertiary/aromatic N) is 1. The Bertz CT molecular complexity index is 251. The molecule has 1 aliphatic rings. The molecule has 1 amide bonds. The first kappa shape index (κ1) is 12.0. The number of nitriles is 1. The van der Waals surface area contributed by atoms with E-state index < -0.39 is 0 Å². The lowest BCUT2D eigenvalue weighted by molar-refractivity contribution is -0.120. The fourth-order valence-corrected chi connectivity index (χ4v) is 2.00. The maximum atomic E-state index is 11.3. The lowest BCUT2D eigenvalue weighted by Crippen LogP contribution is -2.48. The number of rotatable bonds is 4. The molecule has 1 fully saturated rings. The Balaban J connectivity index is 2.23. The third kappa shape index (κ3) is 4.30. The van der Waals surface area contributed by atoms with Gasteiger partial charge in [-0.1, -0.05) is 19.3 Å². The molecule has 0 aliphatic heterocycles. The van der Waals surface area contributed by atoms with Crippen LogP contribution in [-0.2, 0) is 4.79 Å². The third-order valence-corrected chi connectivity index (χ3v) is 3.00. The average molecular weight is 209 g/mol. The molecule has 0 unspecified atom stereocenters. The highest BCUT2D eigenvalue weighted by Crippen LogP contribution is 2.27. The van der Waals surface area contributed by atoms with Crippen molar-refractivity contribution in [3.63, 3.8) is 0 Å². The molecule has 84 valence electrons. The molecule has 2 N–H and O–H groups in total. The summed E-state index contributed by atoms with van der Waals surface area (Å²) in [5.74, 6) is -0.0941. The Kier molecular flexibility index (Phi) is 4.57. The Morgan fingerprint density at radius 2 is 2.07 bits per heavy atom. The van der Waals surface area contributed by atoms with Gasteiger partial charge in [0, 0.05) is 5.54 Å². The Morgan fingerprint density at radius 3 is 2.67 bits per heavy atom. The van der Waals surface area contributed by atoms with Crippen LogP contribution in [0.3, 0.4) is 0 Å². The summed E-state index contributed by atoms with van der Waals surface area (Å²) in [4.78, 5) is 11.3. The molecular formula is C11H19N3O. The van der Waals surface area contributed by atoms with Crippen molar-refractivity contribution in [2.75, 3.05) is 13.1 Å². The third-order valence-electron chi connectivity index (χ3n) is 3.00. The number of carbonyl (C=O) groups is 1. The topological polar surface area (TPSA) is 64.9 Å². The molecule has 0 heterocycles. The first-order valence-electron chi connectivity index (χ1n) is 5.55. The van der Waals surface area contributed by atoms with Crippen LogP contribution in [0.25, 0.3) is 0 Å². The average Bonchev–Trinajstić information content (AvgIpc) is 2.25. The van der Waals surface area contributed by atoms with Crippen LogP contribution in [-0.4, -0.2) is 24.5 Å². The van der Waals surface area contributed by atoms with Crippen LogP contribution in [0.1, 0.15) is 39.0 Å². The number of amides is 1. The molecule has 0 aromatic rings. The molecule has 4 heteroatoms. The molecule has 0 bridgehead atoms. The van der Waals surface area contributed by atoms with Crippen molar-refractivity contribution in [3.05, 3.63) is 0 Å². The zero-order valence-corrected chi connectivity index (χ0v) is 9.31. The van der Waals surface area contributed by atoms with E-state index in [1.807, 2.05) is 6.07 Å². The normalized spacial score (nSPS) is 19.2. The van der Waals surface area contributed by atoms with E-state index in [9.17, 15) is 4.79 Å². The van der Waals surface area contributed by atoms with Crippen molar-refractivity contribution in [1.29, 1.82) is 5.26 Å². The maximum Gasteiger partial charge on any atom is 0.234 e. The quantitative estimate of drug-likeness (QED) is 0.677. The van der Waals surface area contributed by atoms with Crippen molar-refractivity contribution in [2.45, 2.75) is 44.6 Å². The number of nitrogens with one attached hydrogen (secondary N) is 2. The lowest BCUT2D eigenvalue weighted by atomic mass is 9.83. The van der Waals surface area contributed by atoms with E-state index in [4.69, 9.17) is 5.26 Å². The highest BCUT2D eigenvalue weighted by molar-refractivity contribution is 5.78. The van der Waals surface area contributed by atoms with Crippen LogP contribution in [0.15, 0.2) is 0 Å². The summed E-state index contributed by atoms with van der Waals surface area (Å²) in [6, 6.07) is 1.89. The van der Waals surface area contributed by atoms with E-state index in [0.29, 0.717) is 6.54 Å². The van der Waals surface area contributed by atoms with Gasteiger partial charge < -0.3 is 10.6 Å². The van der Waals surface area contributed by atoms with Crippen molar-refractivity contribution in [1.82, 2.24) is 10.6 Å². The van der Waals surface area contributed by atoms with Crippen LogP contribution in [0.2, 0.25) is 0 Å². The van der Waals surface area contributed by atoms with Gasteiger partial charge in [-0.05, 0) is 19.8 Å². The Hall–Kier alpha value is -1.08. The van der Waals surface area contributed by atoms with Crippen LogP contribution >= 0.6 is 0 Å². The van der Waals surface area contributed by atoms with Crippen LogP contribution in [0.4, 0.5) is 0 Å². The zero-order valence-electron chi connectivity index (χ0n) is 9.31. The minimum atomic E-state index is -0.0941. The monoisotopic (exact) mass is 209 g/mol. The molecule has 0 radical (unpaired) electrons. The van der Waals surface area contributed by atoms with E-state index >= 15 is 0 Å². The summed E-state index contributed by atoms with van der Waals surface area (Å²) >= 11 is 0. The molecule has 15 heavy (non-hydrogen) atoms. The van der Waals surface area contributed by atoms with Gasteiger partial charge in [-0.15, -0.1) is 0 Å². The molecule has 0 aromatic carbocycles. The standard InChI is InChI=1S/C11H19N3O/c1-11(5-3-2-4-6-11)14-9-10(15)13-8-7-12/h14H,2-6,8-9H2,1H3,(H,13,15). The van der Waals surface area contributed by atoms with Gasteiger partial charge in [0.15, 0.2) is 0 Å². The number of hydrogen-bond donors (Lipinski definition) is 2. The molecule has 1 aliphatic carbocycles. The van der Waals surface area contributed by atoms with Crippen molar-refractivity contribution in [2.24, 2.45) is 0 Å². The van der Waals surface area contributed by atoms with Crippen molar-refractivity contribution in [3.8, 4) is 6.07 Å². The largest absolute Gasteiger partial charge is 0.342 e. The molecule has 0 spiro atoms. The molecular weight excluding hydrogens is 190 g/mol. The second-order valence-corrected chi connectivity index (χ2v) is 4.41. The van der Waals surface area contributed by atoms with Crippen LogP contribution in [0.5, 0.6) is 0 Å². The van der Waals surface area contributed by atoms with Gasteiger partial charge in [0.2, 0.25) is 5.91 Å². The summed E-state index contributed by atoms with van der Waals surface area (Å²) < 4.78 is 0. The molecule has 0 aromatic heterocycles. The Labute approximate surface area is 91.0 Å². The maximum absolute atomic E-state index is 11.3. The summed E-state index contributed by atoms with van der Waals surface area (Å²) in [5, 5.41) is 14.1. The smallest absolute Gasteiger partial charge is 0.234 e. The predicted octanol–water partition coefficient (Wildman–Crippen LogP) is 0.939. The molecule has 0 saturated heterocycles. The molecule has 1 saturated carbocycles. The molecule has 1 rings (SSSR count). The molecule has 4 nitrogen and oxygen atoms in total. The lowest BCUT2D eigenvalue weighted by Gasteiger charge is -2.34. The predicted molar refractivity (Wildman–Crippen MR) is 58.1 cm³/mol. The van der Waals surface area contributed by atoms with Gasteiger partial charge in [0.25, 0.3) is 0 Å². The zero-order chi connectivity index (χ0) is 11.1. The van der Waals surface area contributed by atoms with Crippen LogP contribution < -0.4 is 10.6 Å². The van der Waals surface area contributed by atoms with E-state index in [1.165, 1.54) is 19.3 Å². The summed E-state index contributed by atoms with van der Waals surface area (Å²) in [5.41, 5.74) is 0.113. The van der Waals surface area contributed by atoms with Crippen molar-refractivity contribution >= 4 is 5.91 Å². The van der Waals surface area contributed by atoms with Gasteiger partial charge in [0.1, 0.15) is 6.54 Å². The SMILES string of the molecule is CC1(NCC(=O)NCC#N)CCCCC1. The fourth-order valence-electron chi connectivity index (χ4n) is 2.00. The minimum Gasteiger partial charge on any atom is -0.342 e. The van der Waals surface area contributed by atoms with E-state index in [2.05, 4.69) is 17.6 Å². The second kappa shape index (κ2) is 5.72. The van der Waals surface area contributed by atoms with Crippen LogP contribution in [0, 0.1) is 11.3 Å². The van der Waals surface area contributed by atoms with Gasteiger partial charge in [-0.3, -0.25) is 4.79 Å². The highest BCUT2D eigenvalue weighted by Gasteiger charge is 2.26.